The third kappa shape index (κ3) is 2.81. The van der Waals surface area contributed by atoms with Gasteiger partial charge >= 0.3 is 0 Å². The van der Waals surface area contributed by atoms with Gasteiger partial charge in [-0.25, -0.2) is 4.98 Å². The lowest BCUT2D eigenvalue weighted by molar-refractivity contribution is 0.530. The number of nitrogens with two attached hydrogens (primary N) is 1. The van der Waals surface area contributed by atoms with Crippen molar-refractivity contribution in [3.05, 3.63) is 42.2 Å². The lowest BCUT2D eigenvalue weighted by Gasteiger charge is -1.99. The van der Waals surface area contributed by atoms with Gasteiger partial charge in [-0.1, -0.05) is 11.8 Å². The number of nitrogens with zero attached hydrogens (tertiary/aromatic N) is 2. The molecule has 4 nitrogen and oxygen atoms in total. The van der Waals surface area contributed by atoms with E-state index in [0.29, 0.717) is 6.54 Å². The highest BCUT2D eigenvalue weighted by Crippen LogP contribution is 2.19. The minimum Gasteiger partial charge on any atom is -0.468 e. The van der Waals surface area contributed by atoms with Crippen molar-refractivity contribution in [2.75, 3.05) is 0 Å². The van der Waals surface area contributed by atoms with Gasteiger partial charge in [0.05, 0.1) is 30.1 Å². The van der Waals surface area contributed by atoms with Crippen molar-refractivity contribution in [1.82, 2.24) is 9.97 Å². The number of thioether (sulfide) groups is 1. The summed E-state index contributed by atoms with van der Waals surface area (Å²) < 4.78 is 5.21. The first-order chi connectivity index (χ1) is 7.38. The lowest BCUT2D eigenvalue weighted by Crippen LogP contribution is -2.00. The first-order valence-corrected chi connectivity index (χ1v) is 5.53. The standard InChI is InChI=1S/C10H11N3OS/c11-4-8-5-13-10(6-12-8)15-7-9-2-1-3-14-9/h1-3,5-6H,4,7,11H2. The Morgan fingerprint density at radius 2 is 2.27 bits per heavy atom. The second kappa shape index (κ2) is 4.95. The van der Waals surface area contributed by atoms with Gasteiger partial charge in [-0.05, 0) is 12.1 Å². The molecule has 0 aliphatic carbocycles. The van der Waals surface area contributed by atoms with Crippen LogP contribution in [0.3, 0.4) is 0 Å². The quantitative estimate of drug-likeness (QED) is 0.798. The van der Waals surface area contributed by atoms with Crippen molar-refractivity contribution in [3.8, 4) is 0 Å². The van der Waals surface area contributed by atoms with Crippen molar-refractivity contribution in [3.63, 3.8) is 0 Å². The Labute approximate surface area is 91.9 Å². The molecule has 0 atom stereocenters. The highest BCUT2D eigenvalue weighted by atomic mass is 32.2. The molecular weight excluding hydrogens is 210 g/mol. The summed E-state index contributed by atoms with van der Waals surface area (Å²) in [7, 11) is 0. The van der Waals surface area contributed by atoms with Crippen molar-refractivity contribution in [2.24, 2.45) is 5.73 Å². The second-order valence-corrected chi connectivity index (χ2v) is 3.91. The Morgan fingerprint density at radius 1 is 1.33 bits per heavy atom. The largest absolute Gasteiger partial charge is 0.468 e. The van der Waals surface area contributed by atoms with Gasteiger partial charge < -0.3 is 10.2 Å². The summed E-state index contributed by atoms with van der Waals surface area (Å²) in [6.07, 6.45) is 5.10. The molecule has 2 rings (SSSR count). The van der Waals surface area contributed by atoms with Gasteiger partial charge in [0.2, 0.25) is 0 Å². The van der Waals surface area contributed by atoms with E-state index >= 15 is 0 Å². The maximum atomic E-state index is 5.43. The minimum absolute atomic E-state index is 0.427. The zero-order valence-electron chi connectivity index (χ0n) is 8.09. The molecule has 0 aliphatic rings. The lowest BCUT2D eigenvalue weighted by atomic mass is 10.5. The topological polar surface area (TPSA) is 64.9 Å². The first-order valence-electron chi connectivity index (χ1n) is 4.54. The SMILES string of the molecule is NCc1cnc(SCc2ccco2)cn1. The van der Waals surface area contributed by atoms with Crippen molar-refractivity contribution in [1.29, 1.82) is 0 Å². The van der Waals surface area contributed by atoms with Crippen molar-refractivity contribution in [2.45, 2.75) is 17.3 Å². The molecule has 0 saturated heterocycles. The van der Waals surface area contributed by atoms with Crippen LogP contribution in [-0.2, 0) is 12.3 Å². The van der Waals surface area contributed by atoms with E-state index in [-0.39, 0.29) is 0 Å². The Morgan fingerprint density at radius 3 is 2.87 bits per heavy atom. The summed E-state index contributed by atoms with van der Waals surface area (Å²) in [5, 5.41) is 0.878. The number of aromatic nitrogens is 2. The molecule has 15 heavy (non-hydrogen) atoms. The molecule has 0 bridgehead atoms. The molecule has 0 unspecified atom stereocenters. The molecule has 78 valence electrons. The Bertz CT molecular complexity index is 399. The molecule has 0 amide bonds. The molecule has 2 N–H and O–H groups in total. The summed E-state index contributed by atoms with van der Waals surface area (Å²) >= 11 is 1.59. The number of hydrogen-bond donors (Lipinski definition) is 1. The van der Waals surface area contributed by atoms with E-state index in [9.17, 15) is 0 Å². The Kier molecular flexibility index (Phi) is 3.37. The summed E-state index contributed by atoms with van der Waals surface area (Å²) in [5.74, 6) is 1.70. The van der Waals surface area contributed by atoms with Crippen molar-refractivity contribution < 1.29 is 4.42 Å². The van der Waals surface area contributed by atoms with Gasteiger partial charge in [0, 0.05) is 6.54 Å². The Hall–Kier alpha value is -1.33. The van der Waals surface area contributed by atoms with Crippen LogP contribution in [0.1, 0.15) is 11.5 Å². The van der Waals surface area contributed by atoms with E-state index in [0.717, 1.165) is 22.2 Å². The van der Waals surface area contributed by atoms with Gasteiger partial charge in [0.15, 0.2) is 0 Å². The highest BCUT2D eigenvalue weighted by Gasteiger charge is 2.00. The zero-order valence-corrected chi connectivity index (χ0v) is 8.91. The summed E-state index contributed by atoms with van der Waals surface area (Å²) in [6.45, 7) is 0.427. The molecule has 2 aromatic heterocycles. The van der Waals surface area contributed by atoms with Gasteiger partial charge in [-0.2, -0.15) is 0 Å². The second-order valence-electron chi connectivity index (χ2n) is 2.92. The maximum absolute atomic E-state index is 5.43. The first kappa shape index (κ1) is 10.2. The number of rotatable bonds is 4. The average molecular weight is 221 g/mol. The van der Waals surface area contributed by atoms with E-state index in [1.54, 1.807) is 30.4 Å². The van der Waals surface area contributed by atoms with E-state index in [2.05, 4.69) is 9.97 Å². The predicted octanol–water partition coefficient (Wildman–Crippen LogP) is 1.82. The highest BCUT2D eigenvalue weighted by molar-refractivity contribution is 7.98. The van der Waals surface area contributed by atoms with Gasteiger partial charge in [0.25, 0.3) is 0 Å². The normalized spacial score (nSPS) is 10.5. The number of hydrogen-bond acceptors (Lipinski definition) is 5. The predicted molar refractivity (Wildman–Crippen MR) is 58.2 cm³/mol. The molecule has 2 heterocycles. The van der Waals surface area contributed by atoms with Crippen LogP contribution < -0.4 is 5.73 Å². The molecule has 0 spiro atoms. The summed E-state index contributed by atoms with van der Waals surface area (Å²) in [4.78, 5) is 8.39. The summed E-state index contributed by atoms with van der Waals surface area (Å²) in [5.41, 5.74) is 6.23. The van der Waals surface area contributed by atoms with E-state index in [1.807, 2.05) is 12.1 Å². The van der Waals surface area contributed by atoms with Gasteiger partial charge in [-0.3, -0.25) is 4.98 Å². The summed E-state index contributed by atoms with van der Waals surface area (Å²) in [6, 6.07) is 3.81. The molecule has 0 radical (unpaired) electrons. The Balaban J connectivity index is 1.93. The maximum Gasteiger partial charge on any atom is 0.115 e. The third-order valence-electron chi connectivity index (χ3n) is 1.83. The van der Waals surface area contributed by atoms with Crippen LogP contribution in [0.4, 0.5) is 0 Å². The molecule has 0 aromatic carbocycles. The average Bonchev–Trinajstić information content (AvgIpc) is 2.80. The fourth-order valence-electron chi connectivity index (χ4n) is 1.06. The molecule has 5 heteroatoms. The van der Waals surface area contributed by atoms with Crippen LogP contribution in [0.2, 0.25) is 0 Å². The zero-order chi connectivity index (χ0) is 10.5. The fourth-order valence-corrected chi connectivity index (χ4v) is 1.77. The smallest absolute Gasteiger partial charge is 0.115 e. The van der Waals surface area contributed by atoms with Crippen LogP contribution in [0.5, 0.6) is 0 Å². The van der Waals surface area contributed by atoms with E-state index < -0.39 is 0 Å². The molecule has 0 aliphatic heterocycles. The van der Waals surface area contributed by atoms with Crippen LogP contribution in [0.15, 0.2) is 40.2 Å². The van der Waals surface area contributed by atoms with E-state index in [1.165, 1.54) is 0 Å². The van der Waals surface area contributed by atoms with Crippen LogP contribution in [0.25, 0.3) is 0 Å². The minimum atomic E-state index is 0.427. The van der Waals surface area contributed by atoms with Gasteiger partial charge in [-0.15, -0.1) is 0 Å². The number of furan rings is 1. The molecular formula is C10H11N3OS. The fraction of sp³-hybridized carbons (Fsp3) is 0.200. The van der Waals surface area contributed by atoms with Crippen LogP contribution in [0, 0.1) is 0 Å². The van der Waals surface area contributed by atoms with Crippen molar-refractivity contribution >= 4 is 11.8 Å². The van der Waals surface area contributed by atoms with Crippen LogP contribution in [-0.4, -0.2) is 9.97 Å². The van der Waals surface area contributed by atoms with E-state index in [4.69, 9.17) is 10.2 Å². The van der Waals surface area contributed by atoms with Gasteiger partial charge in [0.1, 0.15) is 10.8 Å². The van der Waals surface area contributed by atoms with Crippen LogP contribution >= 0.6 is 11.8 Å². The third-order valence-corrected chi connectivity index (χ3v) is 2.77. The monoisotopic (exact) mass is 221 g/mol. The molecule has 2 aromatic rings. The molecule has 0 saturated carbocycles. The molecule has 0 fully saturated rings.